The van der Waals surface area contributed by atoms with E-state index in [0.29, 0.717) is 6.42 Å². The molecule has 2 heterocycles. The Kier molecular flexibility index (Phi) is 7.64. The fourth-order valence-electron chi connectivity index (χ4n) is 5.45. The third-order valence-corrected chi connectivity index (χ3v) is 7.37. The number of anilines is 1. The zero-order valence-corrected chi connectivity index (χ0v) is 19.8. The van der Waals surface area contributed by atoms with Crippen LogP contribution in [0.1, 0.15) is 60.4 Å². The molecule has 1 N–H and O–H groups in total. The van der Waals surface area contributed by atoms with E-state index in [1.807, 2.05) is 11.0 Å². The molecule has 1 amide bonds. The molecule has 0 aliphatic carbocycles. The molecule has 0 saturated carbocycles. The third-order valence-electron chi connectivity index (χ3n) is 7.37. The Morgan fingerprint density at radius 3 is 2.66 bits per heavy atom. The third kappa shape index (κ3) is 5.07. The van der Waals surface area contributed by atoms with Crippen LogP contribution in [0.4, 0.5) is 5.69 Å². The Morgan fingerprint density at radius 2 is 1.84 bits per heavy atom. The van der Waals surface area contributed by atoms with Crippen molar-refractivity contribution >= 4 is 11.6 Å². The summed E-state index contributed by atoms with van der Waals surface area (Å²) in [6.45, 7) is 8.58. The van der Waals surface area contributed by atoms with Crippen LogP contribution in [0.3, 0.4) is 0 Å². The molecule has 1 unspecified atom stereocenters. The number of carbonyl (C=O) groups is 1. The van der Waals surface area contributed by atoms with E-state index in [2.05, 4.69) is 49.1 Å². The van der Waals surface area contributed by atoms with Gasteiger partial charge >= 0.3 is 0 Å². The monoisotopic (exact) mass is 434 g/mol. The van der Waals surface area contributed by atoms with Crippen LogP contribution in [-0.2, 0) is 30.6 Å². The molecule has 172 valence electrons. The number of rotatable bonds is 8. The summed E-state index contributed by atoms with van der Waals surface area (Å²) in [6.07, 6.45) is 6.65. The van der Waals surface area contributed by atoms with Gasteiger partial charge in [-0.2, -0.15) is 0 Å². The van der Waals surface area contributed by atoms with E-state index < -0.39 is 0 Å². The number of benzene rings is 2. The van der Waals surface area contributed by atoms with E-state index in [1.54, 1.807) is 0 Å². The zero-order chi connectivity index (χ0) is 22.5. The number of hydrogen-bond acceptors (Lipinski definition) is 3. The number of hydrogen-bond donors (Lipinski definition) is 1. The van der Waals surface area contributed by atoms with E-state index in [9.17, 15) is 9.90 Å². The standard InChI is InChI=1S/C28H38N2O2/c1-3-22-19-26-20-29(16-12-25(26)18-21(22)2)14-6-7-15-30-27-9-5-4-8-23(27)10-11-24(13-17-31)28(30)32/h4-5,8-9,18-19,24,31H,3,6-7,10-17,20H2,1-2H3. The van der Waals surface area contributed by atoms with Crippen molar-refractivity contribution in [1.29, 1.82) is 0 Å². The van der Waals surface area contributed by atoms with Gasteiger partial charge in [-0.05, 0) is 92.3 Å². The largest absolute Gasteiger partial charge is 0.396 e. The maximum Gasteiger partial charge on any atom is 0.230 e. The van der Waals surface area contributed by atoms with Crippen LogP contribution < -0.4 is 4.90 Å². The number of amides is 1. The Morgan fingerprint density at radius 1 is 1.03 bits per heavy atom. The van der Waals surface area contributed by atoms with Crippen LogP contribution in [0, 0.1) is 12.8 Å². The highest BCUT2D eigenvalue weighted by molar-refractivity contribution is 5.96. The normalized spacial score (nSPS) is 18.9. The Bertz CT molecular complexity index is 939. The molecule has 4 heteroatoms. The summed E-state index contributed by atoms with van der Waals surface area (Å²) in [4.78, 5) is 17.8. The Balaban J connectivity index is 1.35. The van der Waals surface area contributed by atoms with Crippen molar-refractivity contribution in [2.75, 3.05) is 31.1 Å². The number of carbonyl (C=O) groups excluding carboxylic acids is 1. The molecule has 2 aliphatic heterocycles. The summed E-state index contributed by atoms with van der Waals surface area (Å²) in [6, 6.07) is 13.1. The van der Waals surface area contributed by atoms with Gasteiger partial charge in [0, 0.05) is 37.8 Å². The SMILES string of the molecule is CCc1cc2c(cc1C)CCN(CCCCN1C(=O)C(CCO)CCc3ccccc31)C2. The smallest absolute Gasteiger partial charge is 0.230 e. The minimum absolute atomic E-state index is 0.0674. The molecule has 2 aromatic rings. The summed E-state index contributed by atoms with van der Waals surface area (Å²) >= 11 is 0. The molecule has 0 bridgehead atoms. The first-order chi connectivity index (χ1) is 15.6. The maximum absolute atomic E-state index is 13.2. The van der Waals surface area contributed by atoms with Gasteiger partial charge in [-0.25, -0.2) is 0 Å². The maximum atomic E-state index is 13.2. The second-order valence-corrected chi connectivity index (χ2v) is 9.50. The molecule has 4 rings (SSSR count). The quantitative estimate of drug-likeness (QED) is 0.614. The summed E-state index contributed by atoms with van der Waals surface area (Å²) in [5.74, 6) is 0.126. The fourth-order valence-corrected chi connectivity index (χ4v) is 5.45. The van der Waals surface area contributed by atoms with Crippen LogP contribution in [0.25, 0.3) is 0 Å². The predicted octanol–water partition coefficient (Wildman–Crippen LogP) is 4.67. The van der Waals surface area contributed by atoms with E-state index in [4.69, 9.17) is 0 Å². The molecule has 4 nitrogen and oxygen atoms in total. The summed E-state index contributed by atoms with van der Waals surface area (Å²) in [5, 5.41) is 9.43. The van der Waals surface area contributed by atoms with Crippen LogP contribution in [0.5, 0.6) is 0 Å². The first-order valence-corrected chi connectivity index (χ1v) is 12.4. The molecule has 32 heavy (non-hydrogen) atoms. The zero-order valence-electron chi connectivity index (χ0n) is 19.8. The molecular formula is C28H38N2O2. The Labute approximate surface area is 193 Å². The number of nitrogens with zero attached hydrogens (tertiary/aromatic N) is 2. The van der Waals surface area contributed by atoms with Gasteiger partial charge in [-0.3, -0.25) is 9.69 Å². The van der Waals surface area contributed by atoms with Gasteiger partial charge in [0.15, 0.2) is 0 Å². The van der Waals surface area contributed by atoms with Gasteiger partial charge in [0.25, 0.3) is 0 Å². The van der Waals surface area contributed by atoms with Crippen LogP contribution in [0.2, 0.25) is 0 Å². The lowest BCUT2D eigenvalue weighted by Gasteiger charge is -2.30. The molecule has 0 radical (unpaired) electrons. The average molecular weight is 435 g/mol. The summed E-state index contributed by atoms with van der Waals surface area (Å²) < 4.78 is 0. The van der Waals surface area contributed by atoms with Crippen molar-refractivity contribution in [3.63, 3.8) is 0 Å². The number of aliphatic hydroxyl groups is 1. The number of para-hydroxylation sites is 1. The molecule has 0 spiro atoms. The fraction of sp³-hybridized carbons (Fsp3) is 0.536. The topological polar surface area (TPSA) is 43.8 Å². The minimum Gasteiger partial charge on any atom is -0.396 e. The molecule has 0 saturated heterocycles. The van der Waals surface area contributed by atoms with Gasteiger partial charge in [0.1, 0.15) is 0 Å². The molecule has 0 aromatic heterocycles. The van der Waals surface area contributed by atoms with E-state index in [-0.39, 0.29) is 18.4 Å². The lowest BCUT2D eigenvalue weighted by atomic mass is 9.93. The highest BCUT2D eigenvalue weighted by Crippen LogP contribution is 2.31. The second kappa shape index (κ2) is 10.6. The number of unbranched alkanes of at least 4 members (excludes halogenated alkanes) is 1. The van der Waals surface area contributed by atoms with Gasteiger partial charge in [-0.1, -0.05) is 37.3 Å². The van der Waals surface area contributed by atoms with Gasteiger partial charge in [-0.15, -0.1) is 0 Å². The minimum atomic E-state index is -0.0674. The lowest BCUT2D eigenvalue weighted by Crippen LogP contribution is -2.37. The van der Waals surface area contributed by atoms with Crippen molar-refractivity contribution in [2.24, 2.45) is 5.92 Å². The van der Waals surface area contributed by atoms with Gasteiger partial charge < -0.3 is 10.0 Å². The summed E-state index contributed by atoms with van der Waals surface area (Å²) in [7, 11) is 0. The molecular weight excluding hydrogens is 396 g/mol. The van der Waals surface area contributed by atoms with Crippen molar-refractivity contribution in [2.45, 2.75) is 65.3 Å². The van der Waals surface area contributed by atoms with Crippen LogP contribution in [-0.4, -0.2) is 42.2 Å². The van der Waals surface area contributed by atoms with Gasteiger partial charge in [0.2, 0.25) is 5.91 Å². The number of fused-ring (bicyclic) bond motifs is 2. The summed E-state index contributed by atoms with van der Waals surface area (Å²) in [5.41, 5.74) is 8.27. The molecule has 2 aromatic carbocycles. The van der Waals surface area contributed by atoms with Crippen LogP contribution in [0.15, 0.2) is 36.4 Å². The van der Waals surface area contributed by atoms with E-state index in [0.717, 1.165) is 70.4 Å². The van der Waals surface area contributed by atoms with E-state index >= 15 is 0 Å². The average Bonchev–Trinajstić information content (AvgIpc) is 2.93. The van der Waals surface area contributed by atoms with Crippen molar-refractivity contribution in [3.05, 3.63) is 64.2 Å². The molecule has 1 atom stereocenters. The lowest BCUT2D eigenvalue weighted by molar-refractivity contribution is -0.123. The van der Waals surface area contributed by atoms with Crippen molar-refractivity contribution in [1.82, 2.24) is 4.90 Å². The molecule has 2 aliphatic rings. The van der Waals surface area contributed by atoms with Crippen LogP contribution >= 0.6 is 0 Å². The van der Waals surface area contributed by atoms with E-state index in [1.165, 1.54) is 27.8 Å². The Hall–Kier alpha value is -2.17. The first kappa shape index (κ1) is 23.0. The van der Waals surface area contributed by atoms with Crippen molar-refractivity contribution in [3.8, 4) is 0 Å². The predicted molar refractivity (Wildman–Crippen MR) is 131 cm³/mol. The highest BCUT2D eigenvalue weighted by Gasteiger charge is 2.29. The first-order valence-electron chi connectivity index (χ1n) is 12.4. The number of aryl methyl sites for hydroxylation is 3. The number of aliphatic hydroxyl groups excluding tert-OH is 1. The van der Waals surface area contributed by atoms with Gasteiger partial charge in [0.05, 0.1) is 0 Å². The molecule has 0 fully saturated rings. The second-order valence-electron chi connectivity index (χ2n) is 9.50. The highest BCUT2D eigenvalue weighted by atomic mass is 16.3. The van der Waals surface area contributed by atoms with Crippen molar-refractivity contribution < 1.29 is 9.90 Å².